The molecule has 0 bridgehead atoms. The second-order valence-electron chi connectivity index (χ2n) is 16.1. The molecule has 298 valence electrons. The summed E-state index contributed by atoms with van der Waals surface area (Å²) in [6.45, 7) is 0. The predicted molar refractivity (Wildman–Crippen MR) is 257 cm³/mol. The fourth-order valence-corrected chi connectivity index (χ4v) is 9.30. The molecule has 0 saturated carbocycles. The van der Waals surface area contributed by atoms with Crippen LogP contribution >= 0.6 is 0 Å². The second kappa shape index (κ2) is 14.9. The number of nitriles is 3. The number of rotatable bonds is 6. The Kier molecular flexibility index (Phi) is 8.80. The van der Waals surface area contributed by atoms with Gasteiger partial charge in [-0.1, -0.05) is 78.9 Å². The molecule has 1 aliphatic heterocycles. The summed E-state index contributed by atoms with van der Waals surface area (Å²) in [7, 11) is 0. The minimum Gasteiger partial charge on any atom is -0.616 e. The molecule has 0 saturated heterocycles. The fraction of sp³-hybridized carbons (Fsp3) is 0. The van der Waals surface area contributed by atoms with Gasteiger partial charge in [-0.15, -0.1) is 0 Å². The van der Waals surface area contributed by atoms with E-state index in [0.29, 0.717) is 39.4 Å². The summed E-state index contributed by atoms with van der Waals surface area (Å²) in [6, 6.07) is 69.8. The number of hydrogen-bond acceptors (Lipinski definition) is 5. The van der Waals surface area contributed by atoms with Crippen LogP contribution in [0.3, 0.4) is 0 Å². The number of aromatic nitrogens is 1. The van der Waals surface area contributed by atoms with Crippen LogP contribution in [0.15, 0.2) is 194 Å². The van der Waals surface area contributed by atoms with Gasteiger partial charge in [-0.25, -0.2) is 0 Å². The van der Waals surface area contributed by atoms with Crippen LogP contribution in [0, 0.1) is 39.2 Å². The van der Waals surface area contributed by atoms with Gasteiger partial charge in [-0.3, -0.25) is 4.65 Å². The van der Waals surface area contributed by atoms with Crippen LogP contribution in [-0.4, -0.2) is 4.57 Å². The van der Waals surface area contributed by atoms with Gasteiger partial charge in [0.05, 0.1) is 57.1 Å². The number of fused-ring (bicyclic) bond motifs is 7. The minimum absolute atomic E-state index is 0.517. The fourth-order valence-electron chi connectivity index (χ4n) is 9.30. The summed E-state index contributed by atoms with van der Waals surface area (Å²) in [5.41, 5.74) is 22.0. The lowest BCUT2D eigenvalue weighted by atomic mass is 9.96. The largest absolute Gasteiger partial charge is 0.616 e. The van der Waals surface area contributed by atoms with Crippen LogP contribution in [0.1, 0.15) is 16.7 Å². The van der Waals surface area contributed by atoms with Gasteiger partial charge in [0, 0.05) is 46.4 Å². The predicted octanol–water partition coefficient (Wildman–Crippen LogP) is 14.1. The zero-order chi connectivity index (χ0) is 43.5. The van der Waals surface area contributed by atoms with E-state index in [0.717, 1.165) is 83.1 Å². The smallest absolute Gasteiger partial charge is 0.153 e. The van der Waals surface area contributed by atoms with Crippen LogP contribution in [0.25, 0.3) is 83.1 Å². The Bertz CT molecular complexity index is 3570. The van der Waals surface area contributed by atoms with Gasteiger partial charge in [0.25, 0.3) is 0 Å². The van der Waals surface area contributed by atoms with Gasteiger partial charge >= 0.3 is 0 Å². The van der Waals surface area contributed by atoms with E-state index in [2.05, 4.69) is 65.2 Å². The molecule has 7 nitrogen and oxygen atoms in total. The van der Waals surface area contributed by atoms with E-state index in [4.69, 9.17) is 5.73 Å². The third-order valence-electron chi connectivity index (χ3n) is 12.4. The van der Waals surface area contributed by atoms with Gasteiger partial charge in [0.1, 0.15) is 5.69 Å². The number of benzene rings is 9. The SMILES string of the molecule is N#Cc1ccc(-c2cc(-c3ccc(N)cc3)cc(-n3c4ccccc4c4ccc5c(c43)-c3ccccc3[N+]5([O-])c3cc(-c4ccc(C#N)cc4)cc(-c4ccc(C#N)cc4)c3)c2)cc1. The highest BCUT2D eigenvalue weighted by Gasteiger charge is 2.42. The molecule has 0 spiro atoms. The topological polar surface area (TPSA) is 125 Å². The van der Waals surface area contributed by atoms with Gasteiger partial charge in [-0.2, -0.15) is 15.8 Å². The summed E-state index contributed by atoms with van der Waals surface area (Å²) in [5.74, 6) is 0. The monoisotopic (exact) mass is 818 g/mol. The Morgan fingerprint density at radius 1 is 0.438 bits per heavy atom. The van der Waals surface area contributed by atoms with Crippen LogP contribution in [0.2, 0.25) is 0 Å². The minimum atomic E-state index is -0.849. The van der Waals surface area contributed by atoms with Crippen molar-refractivity contribution in [1.82, 2.24) is 9.21 Å². The first kappa shape index (κ1) is 37.9. The Balaban J connectivity index is 1.20. The summed E-state index contributed by atoms with van der Waals surface area (Å²) in [5, 5.41) is 47.4. The molecule has 1 aromatic heterocycles. The van der Waals surface area contributed by atoms with Crippen molar-refractivity contribution in [2.24, 2.45) is 0 Å². The Morgan fingerprint density at radius 2 is 0.906 bits per heavy atom. The molecule has 1 unspecified atom stereocenters. The number of nitrogen functional groups attached to an aromatic ring is 1. The van der Waals surface area contributed by atoms with Crippen molar-refractivity contribution >= 4 is 44.6 Å². The highest BCUT2D eigenvalue weighted by atomic mass is 16.5. The van der Waals surface area contributed by atoms with Gasteiger partial charge < -0.3 is 15.5 Å². The first-order chi connectivity index (χ1) is 31.3. The van der Waals surface area contributed by atoms with Gasteiger partial charge in [-0.05, 0) is 136 Å². The number of quaternary nitrogens is 1. The molecule has 11 rings (SSSR count). The molecule has 2 N–H and O–H groups in total. The standard InChI is InChI=1S/C57H34N6O/c58-33-36-9-15-39(16-10-36)43-27-44(42-21-23-47(61)24-22-42)30-48(29-43)62-53-7-3-1-5-50(53)51-25-26-55-56(57(51)62)52-6-2-4-8-54(52)63(55,64)49-31-45(40-17-11-37(34-59)12-18-40)28-46(32-49)41-19-13-38(35-60)14-20-41/h1-32H,61H2. The quantitative estimate of drug-likeness (QED) is 0.102. The van der Waals surface area contributed by atoms with E-state index in [1.165, 1.54) is 0 Å². The van der Waals surface area contributed by atoms with Gasteiger partial charge in [0.15, 0.2) is 11.4 Å². The van der Waals surface area contributed by atoms with Crippen molar-refractivity contribution in [3.05, 3.63) is 216 Å². The molecule has 0 fully saturated rings. The number of nitrogens with zero attached hydrogens (tertiary/aromatic N) is 5. The Morgan fingerprint density at radius 3 is 1.44 bits per heavy atom. The first-order valence-corrected chi connectivity index (χ1v) is 20.8. The van der Waals surface area contributed by atoms with Crippen LogP contribution < -0.4 is 10.4 Å². The van der Waals surface area contributed by atoms with Crippen molar-refractivity contribution in [2.45, 2.75) is 0 Å². The van der Waals surface area contributed by atoms with Crippen LogP contribution in [0.4, 0.5) is 22.7 Å². The Hall–Kier alpha value is -9.03. The average molecular weight is 819 g/mol. The molecule has 10 aromatic rings. The molecular weight excluding hydrogens is 785 g/mol. The molecule has 0 amide bonds. The molecule has 9 aromatic carbocycles. The highest BCUT2D eigenvalue weighted by Crippen LogP contribution is 2.60. The van der Waals surface area contributed by atoms with E-state index >= 15 is 5.21 Å². The maximum Gasteiger partial charge on any atom is 0.153 e. The molecular formula is C57H34N6O. The number of nitrogens with two attached hydrogens (primary N) is 1. The number of para-hydroxylation sites is 2. The van der Waals surface area contributed by atoms with Crippen molar-refractivity contribution < 1.29 is 0 Å². The maximum atomic E-state index is 16.6. The molecule has 1 aliphatic rings. The lowest BCUT2D eigenvalue weighted by molar-refractivity contribution is 0.711. The lowest BCUT2D eigenvalue weighted by Gasteiger charge is -2.39. The zero-order valence-corrected chi connectivity index (χ0v) is 34.2. The zero-order valence-electron chi connectivity index (χ0n) is 34.2. The molecule has 0 radical (unpaired) electrons. The second-order valence-corrected chi connectivity index (χ2v) is 16.1. The maximum absolute atomic E-state index is 16.6. The molecule has 0 aliphatic carbocycles. The molecule has 2 heterocycles. The van der Waals surface area contributed by atoms with E-state index in [1.807, 2.05) is 127 Å². The van der Waals surface area contributed by atoms with Crippen LogP contribution in [0.5, 0.6) is 0 Å². The van der Waals surface area contributed by atoms with Crippen molar-refractivity contribution in [1.29, 1.82) is 15.8 Å². The van der Waals surface area contributed by atoms with Crippen LogP contribution in [-0.2, 0) is 0 Å². The molecule has 7 heteroatoms. The van der Waals surface area contributed by atoms with Crippen molar-refractivity contribution in [3.63, 3.8) is 0 Å². The van der Waals surface area contributed by atoms with Crippen molar-refractivity contribution in [3.8, 4) is 79.5 Å². The summed E-state index contributed by atoms with van der Waals surface area (Å²) in [4.78, 5) is 0. The molecule has 1 atom stereocenters. The normalized spacial score (nSPS) is 13.8. The summed E-state index contributed by atoms with van der Waals surface area (Å²) >= 11 is 0. The van der Waals surface area contributed by atoms with E-state index in [9.17, 15) is 15.8 Å². The third-order valence-corrected chi connectivity index (χ3v) is 12.4. The first-order valence-electron chi connectivity index (χ1n) is 20.8. The van der Waals surface area contributed by atoms with Gasteiger partial charge in [0.2, 0.25) is 0 Å². The average Bonchev–Trinajstić information content (AvgIpc) is 3.84. The molecule has 64 heavy (non-hydrogen) atoms. The van der Waals surface area contributed by atoms with E-state index in [1.54, 1.807) is 24.3 Å². The Labute approximate surface area is 369 Å². The lowest BCUT2D eigenvalue weighted by Crippen LogP contribution is -2.29. The number of hydrogen-bond donors (Lipinski definition) is 1. The van der Waals surface area contributed by atoms with E-state index in [-0.39, 0.29) is 0 Å². The number of anilines is 1. The highest BCUT2D eigenvalue weighted by molar-refractivity contribution is 6.19. The summed E-state index contributed by atoms with van der Waals surface area (Å²) in [6.07, 6.45) is 0. The van der Waals surface area contributed by atoms with E-state index < -0.39 is 4.65 Å². The van der Waals surface area contributed by atoms with Crippen molar-refractivity contribution in [2.75, 3.05) is 5.73 Å². The third kappa shape index (κ3) is 6.03. The summed E-state index contributed by atoms with van der Waals surface area (Å²) < 4.78 is 1.44.